The van der Waals surface area contributed by atoms with Gasteiger partial charge in [0, 0.05) is 16.7 Å². The molecule has 7 heteroatoms. The molecule has 0 aromatic heterocycles. The summed E-state index contributed by atoms with van der Waals surface area (Å²) in [4.78, 5) is 12.3. The van der Waals surface area contributed by atoms with Crippen LogP contribution < -0.4 is 0 Å². The van der Waals surface area contributed by atoms with Gasteiger partial charge in [0.2, 0.25) is 10.4 Å². The van der Waals surface area contributed by atoms with Crippen molar-refractivity contribution in [3.63, 3.8) is 0 Å². The number of carbonyl (C=O) groups is 1. The third-order valence-electron chi connectivity index (χ3n) is 5.12. The molecule has 186 valence electrons. The van der Waals surface area contributed by atoms with Crippen molar-refractivity contribution in [2.75, 3.05) is 6.26 Å². The zero-order valence-electron chi connectivity index (χ0n) is 19.9. The lowest BCUT2D eigenvalue weighted by atomic mass is 10.0. The maximum absolute atomic E-state index is 12.3. The summed E-state index contributed by atoms with van der Waals surface area (Å²) in [6.07, 6.45) is 0.876. The minimum absolute atomic E-state index is 0.269. The third kappa shape index (κ3) is 9.43. The monoisotopic (exact) mass is 520 g/mol. The lowest BCUT2D eigenvalue weighted by Crippen LogP contribution is -2.20. The molecular formula is C29H28O5S2. The highest BCUT2D eigenvalue weighted by Crippen LogP contribution is 2.24. The van der Waals surface area contributed by atoms with Crippen molar-refractivity contribution in [2.45, 2.75) is 17.6 Å². The molecule has 0 saturated carbocycles. The van der Waals surface area contributed by atoms with E-state index in [0.717, 1.165) is 0 Å². The minimum atomic E-state index is -5.00. The van der Waals surface area contributed by atoms with Gasteiger partial charge < -0.3 is 4.55 Å². The van der Waals surface area contributed by atoms with Crippen molar-refractivity contribution in [2.24, 2.45) is 0 Å². The Morgan fingerprint density at radius 3 is 1.53 bits per heavy atom. The van der Waals surface area contributed by atoms with Crippen LogP contribution in [0.3, 0.4) is 0 Å². The van der Waals surface area contributed by atoms with Crippen LogP contribution in [0.1, 0.15) is 33.2 Å². The van der Waals surface area contributed by atoms with Gasteiger partial charge in [0.15, 0.2) is 11.9 Å². The summed E-state index contributed by atoms with van der Waals surface area (Å²) in [5.41, 5.74) is 3.47. The van der Waals surface area contributed by atoms with Gasteiger partial charge in [-0.25, -0.2) is 8.42 Å². The number of ketones is 1. The molecule has 1 atom stereocenters. The normalized spacial score (nSPS) is 11.9. The summed E-state index contributed by atoms with van der Waals surface area (Å²) in [6, 6.07) is 37.6. The molecule has 36 heavy (non-hydrogen) atoms. The van der Waals surface area contributed by atoms with Crippen molar-refractivity contribution in [1.82, 2.24) is 0 Å². The van der Waals surface area contributed by atoms with Gasteiger partial charge in [-0.3, -0.25) is 8.98 Å². The average Bonchev–Trinajstić information content (AvgIpc) is 2.89. The van der Waals surface area contributed by atoms with E-state index in [9.17, 15) is 17.8 Å². The first-order valence-electron chi connectivity index (χ1n) is 11.3. The summed E-state index contributed by atoms with van der Waals surface area (Å²) in [7, 11) is -4.57. The molecule has 0 aliphatic rings. The fourth-order valence-corrected chi connectivity index (χ4v) is 5.58. The van der Waals surface area contributed by atoms with E-state index in [1.807, 2.05) is 0 Å². The third-order valence-corrected chi connectivity index (χ3v) is 7.21. The van der Waals surface area contributed by atoms with Gasteiger partial charge in [-0.1, -0.05) is 121 Å². The molecule has 0 fully saturated rings. The number of hydrogen-bond donors (Lipinski definition) is 0. The zero-order valence-corrected chi connectivity index (χ0v) is 21.5. The molecule has 0 N–H and O–H groups in total. The molecule has 0 heterocycles. The van der Waals surface area contributed by atoms with Crippen LogP contribution in [-0.4, -0.2) is 25.0 Å². The highest BCUT2D eigenvalue weighted by Gasteiger charge is 2.25. The summed E-state index contributed by atoms with van der Waals surface area (Å²) >= 11 is 0. The summed E-state index contributed by atoms with van der Waals surface area (Å²) in [6.45, 7) is 0. The lowest BCUT2D eigenvalue weighted by molar-refractivity contribution is 0.0774. The van der Waals surface area contributed by atoms with Gasteiger partial charge in [-0.15, -0.1) is 0 Å². The van der Waals surface area contributed by atoms with E-state index in [0.29, 0.717) is 16.5 Å². The largest absolute Gasteiger partial charge is 0.725 e. The number of benzene rings is 4. The average molecular weight is 521 g/mol. The Balaban J connectivity index is 0.000000205. The highest BCUT2D eigenvalue weighted by atomic mass is 32.3. The van der Waals surface area contributed by atoms with Crippen LogP contribution >= 0.6 is 0 Å². The van der Waals surface area contributed by atoms with E-state index in [-0.39, 0.29) is 5.56 Å². The maximum Gasteiger partial charge on any atom is 0.218 e. The van der Waals surface area contributed by atoms with Crippen molar-refractivity contribution >= 4 is 27.1 Å². The van der Waals surface area contributed by atoms with Crippen LogP contribution in [0.5, 0.6) is 0 Å². The highest BCUT2D eigenvalue weighted by molar-refractivity contribution is 7.94. The number of hydrogen-bond acceptors (Lipinski definition) is 5. The van der Waals surface area contributed by atoms with Crippen molar-refractivity contribution in [3.05, 3.63) is 144 Å². The first-order chi connectivity index (χ1) is 17.3. The van der Waals surface area contributed by atoms with E-state index in [2.05, 4.69) is 71.1 Å². The van der Waals surface area contributed by atoms with Gasteiger partial charge in [0.1, 0.15) is 11.5 Å². The van der Waals surface area contributed by atoms with E-state index in [4.69, 9.17) is 0 Å². The Bertz CT molecular complexity index is 1260. The predicted octanol–water partition coefficient (Wildman–Crippen LogP) is 5.72. The second kappa shape index (κ2) is 13.8. The number of carbonyl (C=O) groups excluding carboxylic acids is 1. The minimum Gasteiger partial charge on any atom is -0.725 e. The predicted molar refractivity (Wildman–Crippen MR) is 144 cm³/mol. The smallest absolute Gasteiger partial charge is 0.218 e. The molecule has 0 bridgehead atoms. The van der Waals surface area contributed by atoms with Crippen LogP contribution in [-0.2, 0) is 37.0 Å². The van der Waals surface area contributed by atoms with Crippen molar-refractivity contribution < 1.29 is 21.9 Å². The fraction of sp³-hybridized carbons (Fsp3) is 0.138. The fourth-order valence-electron chi connectivity index (χ4n) is 3.52. The molecule has 0 amide bonds. The molecular weight excluding hydrogens is 492 g/mol. The Morgan fingerprint density at radius 1 is 0.722 bits per heavy atom. The molecule has 4 aromatic carbocycles. The SMILES string of the molecule is C[S+](Cc1ccccc1)Cc1ccccc1.O=C(c1ccccc1)C(OS(=O)(=O)[O-])c1ccccc1. The molecule has 0 radical (unpaired) electrons. The second-order valence-corrected chi connectivity index (χ2v) is 11.2. The van der Waals surface area contributed by atoms with Gasteiger partial charge in [-0.2, -0.15) is 0 Å². The lowest BCUT2D eigenvalue weighted by Gasteiger charge is -2.18. The molecule has 0 aliphatic carbocycles. The Labute approximate surface area is 216 Å². The Hall–Kier alpha value is -3.23. The van der Waals surface area contributed by atoms with Crippen molar-refractivity contribution in [3.8, 4) is 0 Å². The molecule has 1 unspecified atom stereocenters. The van der Waals surface area contributed by atoms with Gasteiger partial charge in [0.25, 0.3) is 0 Å². The van der Waals surface area contributed by atoms with Gasteiger partial charge in [0.05, 0.1) is 6.26 Å². The van der Waals surface area contributed by atoms with E-state index in [1.54, 1.807) is 36.4 Å². The zero-order chi connectivity index (χ0) is 25.8. The molecule has 0 saturated heterocycles. The van der Waals surface area contributed by atoms with Gasteiger partial charge >= 0.3 is 0 Å². The quantitative estimate of drug-likeness (QED) is 0.122. The number of rotatable bonds is 9. The van der Waals surface area contributed by atoms with Crippen LogP contribution in [0, 0.1) is 0 Å². The van der Waals surface area contributed by atoms with Crippen molar-refractivity contribution in [1.29, 1.82) is 0 Å². The maximum atomic E-state index is 12.3. The molecule has 5 nitrogen and oxygen atoms in total. The van der Waals surface area contributed by atoms with Crippen LogP contribution in [0.25, 0.3) is 0 Å². The first kappa shape index (κ1) is 27.4. The number of Topliss-reactive ketones (excluding diaryl/α,β-unsaturated/α-hetero) is 1. The summed E-state index contributed by atoms with van der Waals surface area (Å²) in [5, 5.41) is 0. The molecule has 0 aliphatic heterocycles. The second-order valence-electron chi connectivity index (χ2n) is 8.07. The molecule has 0 spiro atoms. The topological polar surface area (TPSA) is 83.5 Å². The van der Waals surface area contributed by atoms with Gasteiger partial charge in [-0.05, 0) is 16.5 Å². The van der Waals surface area contributed by atoms with Crippen LogP contribution in [0.4, 0.5) is 0 Å². The molecule has 4 aromatic rings. The molecule has 4 rings (SSSR count). The van der Waals surface area contributed by atoms with E-state index in [1.165, 1.54) is 46.9 Å². The summed E-state index contributed by atoms with van der Waals surface area (Å²) < 4.78 is 36.9. The standard InChI is InChI=1S/C15H17S.C14H12O5S/c1-16(12-14-8-4-2-5-9-14)13-15-10-6-3-7-11-15;15-13(11-7-3-1-4-8-11)14(19-20(16,17)18)12-9-5-2-6-10-12/h2-11H,12-13H2,1H3;1-10,14H,(H,16,17,18)/q+1;/p-1. The van der Waals surface area contributed by atoms with E-state index >= 15 is 0 Å². The van der Waals surface area contributed by atoms with Crippen LogP contribution in [0.15, 0.2) is 121 Å². The Kier molecular flexibility index (Phi) is 10.5. The first-order valence-corrected chi connectivity index (χ1v) is 14.6. The Morgan fingerprint density at radius 2 is 1.11 bits per heavy atom. The van der Waals surface area contributed by atoms with Crippen LogP contribution in [0.2, 0.25) is 0 Å². The summed E-state index contributed by atoms with van der Waals surface area (Å²) in [5.74, 6) is 1.79. The van der Waals surface area contributed by atoms with E-state index < -0.39 is 22.3 Å².